The zero-order valence-corrected chi connectivity index (χ0v) is 11.5. The molecule has 2 rings (SSSR count). The standard InChI is InChI=1S/C15H28O2/c1-12(14-5-8-16-9-6-14)10-13(2)15-4-3-7-17-11-15/h12-15H,3-11H2,1-2H3. The minimum atomic E-state index is 0.811. The van der Waals surface area contributed by atoms with E-state index in [2.05, 4.69) is 13.8 Å². The van der Waals surface area contributed by atoms with Gasteiger partial charge in [-0.1, -0.05) is 13.8 Å². The molecule has 0 bridgehead atoms. The molecule has 3 atom stereocenters. The van der Waals surface area contributed by atoms with Gasteiger partial charge < -0.3 is 9.47 Å². The summed E-state index contributed by atoms with van der Waals surface area (Å²) in [5.41, 5.74) is 0. The van der Waals surface area contributed by atoms with E-state index in [1.165, 1.54) is 32.1 Å². The van der Waals surface area contributed by atoms with Gasteiger partial charge in [-0.15, -0.1) is 0 Å². The molecule has 0 aromatic rings. The van der Waals surface area contributed by atoms with Crippen molar-refractivity contribution in [2.24, 2.45) is 23.7 Å². The van der Waals surface area contributed by atoms with Gasteiger partial charge in [-0.25, -0.2) is 0 Å². The van der Waals surface area contributed by atoms with Crippen LogP contribution in [0.1, 0.15) is 46.0 Å². The normalized spacial score (nSPS) is 31.1. The summed E-state index contributed by atoms with van der Waals surface area (Å²) < 4.78 is 11.1. The van der Waals surface area contributed by atoms with Crippen molar-refractivity contribution in [3.63, 3.8) is 0 Å². The summed E-state index contributed by atoms with van der Waals surface area (Å²) in [5, 5.41) is 0. The van der Waals surface area contributed by atoms with Crippen LogP contribution < -0.4 is 0 Å². The second-order valence-electron chi connectivity index (χ2n) is 6.12. The van der Waals surface area contributed by atoms with Crippen LogP contribution >= 0.6 is 0 Å². The van der Waals surface area contributed by atoms with Crippen molar-refractivity contribution in [2.45, 2.75) is 46.0 Å². The van der Waals surface area contributed by atoms with E-state index in [1.807, 2.05) is 0 Å². The molecule has 3 unspecified atom stereocenters. The van der Waals surface area contributed by atoms with Crippen molar-refractivity contribution in [1.82, 2.24) is 0 Å². The maximum atomic E-state index is 5.61. The van der Waals surface area contributed by atoms with Crippen LogP contribution in [0, 0.1) is 23.7 Å². The topological polar surface area (TPSA) is 18.5 Å². The molecule has 0 radical (unpaired) electrons. The Morgan fingerprint density at radius 1 is 0.882 bits per heavy atom. The first-order chi connectivity index (χ1) is 8.27. The Bertz CT molecular complexity index is 183. The third-order valence-electron chi connectivity index (χ3n) is 4.81. The van der Waals surface area contributed by atoms with E-state index in [0.29, 0.717) is 0 Å². The average molecular weight is 240 g/mol. The van der Waals surface area contributed by atoms with E-state index < -0.39 is 0 Å². The molecule has 2 saturated heterocycles. The van der Waals surface area contributed by atoms with Gasteiger partial charge in [0.1, 0.15) is 0 Å². The monoisotopic (exact) mass is 240 g/mol. The minimum Gasteiger partial charge on any atom is -0.381 e. The van der Waals surface area contributed by atoms with Crippen LogP contribution in [-0.4, -0.2) is 26.4 Å². The predicted molar refractivity (Wildman–Crippen MR) is 70.0 cm³/mol. The van der Waals surface area contributed by atoms with Crippen LogP contribution in [0.5, 0.6) is 0 Å². The lowest BCUT2D eigenvalue weighted by Crippen LogP contribution is -2.28. The molecule has 0 saturated carbocycles. The van der Waals surface area contributed by atoms with E-state index in [0.717, 1.165) is 50.1 Å². The third-order valence-corrected chi connectivity index (χ3v) is 4.81. The van der Waals surface area contributed by atoms with Gasteiger partial charge >= 0.3 is 0 Å². The number of hydrogen-bond acceptors (Lipinski definition) is 2. The zero-order valence-electron chi connectivity index (χ0n) is 11.5. The van der Waals surface area contributed by atoms with E-state index in [4.69, 9.17) is 9.47 Å². The lowest BCUT2D eigenvalue weighted by Gasteiger charge is -2.33. The Balaban J connectivity index is 1.74. The average Bonchev–Trinajstić information content (AvgIpc) is 2.40. The highest BCUT2D eigenvalue weighted by Gasteiger charge is 2.26. The van der Waals surface area contributed by atoms with Gasteiger partial charge in [0.2, 0.25) is 0 Å². The highest BCUT2D eigenvalue weighted by Crippen LogP contribution is 2.33. The van der Waals surface area contributed by atoms with E-state index in [-0.39, 0.29) is 0 Å². The fourth-order valence-corrected chi connectivity index (χ4v) is 3.47. The first-order valence-corrected chi connectivity index (χ1v) is 7.43. The first-order valence-electron chi connectivity index (χ1n) is 7.43. The highest BCUT2D eigenvalue weighted by atomic mass is 16.5. The van der Waals surface area contributed by atoms with E-state index in [1.54, 1.807) is 0 Å². The fraction of sp³-hybridized carbons (Fsp3) is 1.00. The van der Waals surface area contributed by atoms with Gasteiger partial charge in [0.15, 0.2) is 0 Å². The van der Waals surface area contributed by atoms with E-state index >= 15 is 0 Å². The van der Waals surface area contributed by atoms with Gasteiger partial charge in [-0.3, -0.25) is 0 Å². The smallest absolute Gasteiger partial charge is 0.0496 e. The minimum absolute atomic E-state index is 0.811. The summed E-state index contributed by atoms with van der Waals surface area (Å²) in [4.78, 5) is 0. The van der Waals surface area contributed by atoms with Gasteiger partial charge in [-0.2, -0.15) is 0 Å². The van der Waals surface area contributed by atoms with Crippen molar-refractivity contribution in [3.05, 3.63) is 0 Å². The Kier molecular flexibility index (Phi) is 5.30. The molecule has 2 aliphatic heterocycles. The number of hydrogen-bond donors (Lipinski definition) is 0. The van der Waals surface area contributed by atoms with Gasteiger partial charge in [0.25, 0.3) is 0 Å². The first kappa shape index (κ1) is 13.4. The second kappa shape index (κ2) is 6.75. The maximum Gasteiger partial charge on any atom is 0.0496 e. The molecular weight excluding hydrogens is 212 g/mol. The zero-order chi connectivity index (χ0) is 12.1. The number of rotatable bonds is 4. The van der Waals surface area contributed by atoms with Crippen molar-refractivity contribution in [2.75, 3.05) is 26.4 Å². The van der Waals surface area contributed by atoms with Gasteiger partial charge in [0, 0.05) is 26.4 Å². The van der Waals surface area contributed by atoms with Crippen LogP contribution in [0.25, 0.3) is 0 Å². The molecule has 0 aromatic heterocycles. The lowest BCUT2D eigenvalue weighted by molar-refractivity contribution is 0.0177. The van der Waals surface area contributed by atoms with Crippen molar-refractivity contribution in [1.29, 1.82) is 0 Å². The Hall–Kier alpha value is -0.0800. The van der Waals surface area contributed by atoms with Crippen LogP contribution in [0.2, 0.25) is 0 Å². The van der Waals surface area contributed by atoms with Crippen molar-refractivity contribution < 1.29 is 9.47 Å². The SMILES string of the molecule is CC(CC(C)C1CCCOC1)C1CCOCC1. The van der Waals surface area contributed by atoms with E-state index in [9.17, 15) is 0 Å². The second-order valence-corrected chi connectivity index (χ2v) is 6.12. The quantitative estimate of drug-likeness (QED) is 0.748. The Morgan fingerprint density at radius 2 is 1.59 bits per heavy atom. The fourth-order valence-electron chi connectivity index (χ4n) is 3.47. The third kappa shape index (κ3) is 3.96. The summed E-state index contributed by atoms with van der Waals surface area (Å²) in [6.45, 7) is 8.82. The molecular formula is C15H28O2. The van der Waals surface area contributed by atoms with Crippen LogP contribution in [0.3, 0.4) is 0 Å². The number of ether oxygens (including phenoxy) is 2. The molecule has 2 nitrogen and oxygen atoms in total. The highest BCUT2D eigenvalue weighted by molar-refractivity contribution is 4.76. The van der Waals surface area contributed by atoms with Crippen LogP contribution in [0.4, 0.5) is 0 Å². The summed E-state index contributed by atoms with van der Waals surface area (Å²) in [5.74, 6) is 3.39. The molecule has 0 aromatic carbocycles. The molecule has 17 heavy (non-hydrogen) atoms. The van der Waals surface area contributed by atoms with Gasteiger partial charge in [0.05, 0.1) is 0 Å². The van der Waals surface area contributed by atoms with Gasteiger partial charge in [-0.05, 0) is 55.8 Å². The molecule has 2 aliphatic rings. The van der Waals surface area contributed by atoms with Crippen LogP contribution in [0.15, 0.2) is 0 Å². The largest absolute Gasteiger partial charge is 0.381 e. The maximum absolute atomic E-state index is 5.61. The van der Waals surface area contributed by atoms with Crippen molar-refractivity contribution in [3.8, 4) is 0 Å². The summed E-state index contributed by atoms with van der Waals surface area (Å²) in [6, 6.07) is 0. The molecule has 2 heteroatoms. The molecule has 2 fully saturated rings. The molecule has 2 heterocycles. The van der Waals surface area contributed by atoms with Crippen molar-refractivity contribution >= 4 is 0 Å². The van der Waals surface area contributed by atoms with Crippen LogP contribution in [-0.2, 0) is 9.47 Å². The molecule has 0 spiro atoms. The Labute approximate surface area is 106 Å². The Morgan fingerprint density at radius 3 is 2.24 bits per heavy atom. The lowest BCUT2D eigenvalue weighted by atomic mass is 9.77. The summed E-state index contributed by atoms with van der Waals surface area (Å²) >= 11 is 0. The summed E-state index contributed by atoms with van der Waals surface area (Å²) in [7, 11) is 0. The summed E-state index contributed by atoms with van der Waals surface area (Å²) in [6.07, 6.45) is 6.56. The molecule has 0 aliphatic carbocycles. The molecule has 100 valence electrons. The molecule has 0 N–H and O–H groups in total. The predicted octanol–water partition coefficient (Wildman–Crippen LogP) is 3.50. The molecule has 0 amide bonds.